The molecule has 0 amide bonds. The van der Waals surface area contributed by atoms with Gasteiger partial charge in [-0.05, 0) is 48.2 Å². The number of carboxylic acid groups (broad SMARTS) is 1. The summed E-state index contributed by atoms with van der Waals surface area (Å²) in [5.74, 6) is 0.595. The van der Waals surface area contributed by atoms with E-state index in [2.05, 4.69) is 6.07 Å². The van der Waals surface area contributed by atoms with Gasteiger partial charge in [0, 0.05) is 17.6 Å². The molecule has 0 aromatic heterocycles. The molecule has 0 heterocycles. The second kappa shape index (κ2) is 9.28. The summed E-state index contributed by atoms with van der Waals surface area (Å²) < 4.78 is 10.4. The van der Waals surface area contributed by atoms with Crippen LogP contribution in [0, 0.1) is 11.3 Å². The molecule has 0 atom stereocenters. The number of benzene rings is 2. The molecule has 5 nitrogen and oxygen atoms in total. The van der Waals surface area contributed by atoms with Crippen LogP contribution in [0.5, 0.6) is 11.5 Å². The van der Waals surface area contributed by atoms with Crippen molar-refractivity contribution in [3.8, 4) is 17.6 Å². The van der Waals surface area contributed by atoms with E-state index in [4.69, 9.17) is 14.6 Å². The van der Waals surface area contributed by atoms with Crippen molar-refractivity contribution in [1.82, 2.24) is 0 Å². The number of allylic oxidation sites excluding steroid dienone is 1. The average Bonchev–Trinajstić information content (AvgIpc) is 2.67. The number of ether oxygens (including phenoxy) is 2. The monoisotopic (exact) mass is 351 g/mol. The first kappa shape index (κ1) is 19.1. The number of hydrogen-bond acceptors (Lipinski definition) is 4. The van der Waals surface area contributed by atoms with Gasteiger partial charge in [0.25, 0.3) is 0 Å². The molecule has 0 unspecified atom stereocenters. The third kappa shape index (κ3) is 4.87. The van der Waals surface area contributed by atoms with Gasteiger partial charge in [-0.3, -0.25) is 4.79 Å². The maximum absolute atomic E-state index is 10.8. The normalized spacial score (nSPS) is 9.88. The van der Waals surface area contributed by atoms with E-state index < -0.39 is 5.97 Å². The lowest BCUT2D eigenvalue weighted by atomic mass is 9.91. The Balaban J connectivity index is 2.49. The molecule has 0 saturated heterocycles. The van der Waals surface area contributed by atoms with Crippen LogP contribution in [0.4, 0.5) is 0 Å². The van der Waals surface area contributed by atoms with Gasteiger partial charge in [0.05, 0.1) is 20.3 Å². The zero-order chi connectivity index (χ0) is 18.9. The maximum atomic E-state index is 10.8. The molecule has 1 N–H and O–H groups in total. The third-order valence-corrected chi connectivity index (χ3v) is 4.01. The van der Waals surface area contributed by atoms with E-state index >= 15 is 0 Å². The number of nitriles is 1. The average molecular weight is 351 g/mol. The van der Waals surface area contributed by atoms with Gasteiger partial charge in [0.2, 0.25) is 0 Å². The van der Waals surface area contributed by atoms with Crippen molar-refractivity contribution in [3.63, 3.8) is 0 Å². The van der Waals surface area contributed by atoms with Crippen molar-refractivity contribution in [2.75, 3.05) is 14.2 Å². The molecular formula is C21H21NO4. The number of carbonyl (C=O) groups is 1. The standard InChI is InChI=1S/C21H21NO4/c1-25-18-10-6-15(7-11-18)21(16-8-12-19(26-2)13-9-16)17(14-22)4-3-5-20(23)24/h6-13H,3-5H2,1-2H3,(H,23,24). The first-order valence-electron chi connectivity index (χ1n) is 8.23. The SMILES string of the molecule is COc1ccc(C(=C(C#N)CCCC(=O)O)c2ccc(OC)cc2)cc1. The number of methoxy groups -OCH3 is 2. The van der Waals surface area contributed by atoms with Crippen molar-refractivity contribution < 1.29 is 19.4 Å². The Morgan fingerprint density at radius 3 is 1.73 bits per heavy atom. The number of hydrogen-bond donors (Lipinski definition) is 1. The van der Waals surface area contributed by atoms with E-state index in [1.807, 2.05) is 48.5 Å². The molecule has 2 aromatic rings. The second-order valence-corrected chi connectivity index (χ2v) is 5.67. The zero-order valence-electron chi connectivity index (χ0n) is 14.9. The van der Waals surface area contributed by atoms with Crippen molar-refractivity contribution in [2.24, 2.45) is 0 Å². The number of nitrogens with zero attached hydrogens (tertiary/aromatic N) is 1. The van der Waals surface area contributed by atoms with E-state index in [0.717, 1.165) is 28.2 Å². The molecule has 2 rings (SSSR count). The molecule has 0 radical (unpaired) electrons. The van der Waals surface area contributed by atoms with Crippen LogP contribution in [0.3, 0.4) is 0 Å². The van der Waals surface area contributed by atoms with Crippen molar-refractivity contribution in [2.45, 2.75) is 19.3 Å². The molecule has 2 aromatic carbocycles. The lowest BCUT2D eigenvalue weighted by Gasteiger charge is -2.13. The van der Waals surface area contributed by atoms with Gasteiger partial charge in [0.15, 0.2) is 0 Å². The van der Waals surface area contributed by atoms with Gasteiger partial charge < -0.3 is 14.6 Å². The number of carboxylic acids is 1. The highest BCUT2D eigenvalue weighted by molar-refractivity contribution is 5.84. The Bertz CT molecular complexity index is 765. The Morgan fingerprint density at radius 1 is 0.923 bits per heavy atom. The zero-order valence-corrected chi connectivity index (χ0v) is 14.9. The maximum Gasteiger partial charge on any atom is 0.303 e. The van der Waals surface area contributed by atoms with Crippen molar-refractivity contribution in [3.05, 3.63) is 65.2 Å². The largest absolute Gasteiger partial charge is 0.497 e. The first-order valence-corrected chi connectivity index (χ1v) is 8.23. The van der Waals surface area contributed by atoms with E-state index in [-0.39, 0.29) is 6.42 Å². The predicted molar refractivity (Wildman–Crippen MR) is 99.1 cm³/mol. The fourth-order valence-corrected chi connectivity index (χ4v) is 2.68. The van der Waals surface area contributed by atoms with E-state index in [9.17, 15) is 10.1 Å². The van der Waals surface area contributed by atoms with Gasteiger partial charge in [-0.25, -0.2) is 0 Å². The summed E-state index contributed by atoms with van der Waals surface area (Å²) >= 11 is 0. The minimum atomic E-state index is -0.863. The van der Waals surface area contributed by atoms with Crippen LogP contribution in [-0.2, 0) is 4.79 Å². The van der Waals surface area contributed by atoms with Crippen LogP contribution >= 0.6 is 0 Å². The lowest BCUT2D eigenvalue weighted by Crippen LogP contribution is -1.98. The molecule has 0 aliphatic heterocycles. The highest BCUT2D eigenvalue weighted by Crippen LogP contribution is 2.31. The molecule has 0 aliphatic carbocycles. The van der Waals surface area contributed by atoms with Gasteiger partial charge in [-0.15, -0.1) is 0 Å². The first-order chi connectivity index (χ1) is 12.6. The van der Waals surface area contributed by atoms with Crippen LogP contribution < -0.4 is 9.47 Å². The summed E-state index contributed by atoms with van der Waals surface area (Å²) in [6, 6.07) is 17.2. The Hall–Kier alpha value is -3.26. The van der Waals surface area contributed by atoms with E-state index in [0.29, 0.717) is 18.4 Å². The lowest BCUT2D eigenvalue weighted by molar-refractivity contribution is -0.137. The summed E-state index contributed by atoms with van der Waals surface area (Å²) in [4.78, 5) is 10.8. The highest BCUT2D eigenvalue weighted by atomic mass is 16.5. The fraction of sp³-hybridized carbons (Fsp3) is 0.238. The van der Waals surface area contributed by atoms with Crippen molar-refractivity contribution >= 4 is 11.5 Å². The van der Waals surface area contributed by atoms with Gasteiger partial charge in [-0.2, -0.15) is 5.26 Å². The summed E-state index contributed by atoms with van der Waals surface area (Å²) in [7, 11) is 3.20. The van der Waals surface area contributed by atoms with E-state index in [1.165, 1.54) is 0 Å². The second-order valence-electron chi connectivity index (χ2n) is 5.67. The summed E-state index contributed by atoms with van der Waals surface area (Å²) in [6.07, 6.45) is 0.841. The molecule has 5 heteroatoms. The summed E-state index contributed by atoms with van der Waals surface area (Å²) in [6.45, 7) is 0. The topological polar surface area (TPSA) is 79.5 Å². The minimum Gasteiger partial charge on any atom is -0.497 e. The third-order valence-electron chi connectivity index (χ3n) is 4.01. The molecule has 0 aliphatic rings. The fourth-order valence-electron chi connectivity index (χ4n) is 2.68. The van der Waals surface area contributed by atoms with Gasteiger partial charge in [0.1, 0.15) is 11.5 Å². The predicted octanol–water partition coefficient (Wildman–Crippen LogP) is 4.28. The minimum absolute atomic E-state index is 0.0314. The summed E-state index contributed by atoms with van der Waals surface area (Å²) in [5.41, 5.74) is 3.11. The van der Waals surface area contributed by atoms with Crippen LogP contribution in [-0.4, -0.2) is 25.3 Å². The molecule has 0 spiro atoms. The van der Waals surface area contributed by atoms with Crippen LogP contribution in [0.25, 0.3) is 5.57 Å². The molecule has 0 saturated carbocycles. The van der Waals surface area contributed by atoms with Crippen LogP contribution in [0.2, 0.25) is 0 Å². The highest BCUT2D eigenvalue weighted by Gasteiger charge is 2.13. The smallest absolute Gasteiger partial charge is 0.303 e. The van der Waals surface area contributed by atoms with Gasteiger partial charge in [-0.1, -0.05) is 24.3 Å². The Kier molecular flexibility index (Phi) is 6.81. The quantitative estimate of drug-likeness (QED) is 0.718. The van der Waals surface area contributed by atoms with Crippen molar-refractivity contribution in [1.29, 1.82) is 5.26 Å². The molecule has 26 heavy (non-hydrogen) atoms. The number of aliphatic carboxylic acids is 1. The van der Waals surface area contributed by atoms with Gasteiger partial charge >= 0.3 is 5.97 Å². The Labute approximate surface area is 153 Å². The molecule has 0 fully saturated rings. The van der Waals surface area contributed by atoms with Crippen LogP contribution in [0.1, 0.15) is 30.4 Å². The molecular weight excluding hydrogens is 330 g/mol. The Morgan fingerprint density at radius 2 is 1.38 bits per heavy atom. The summed E-state index contributed by atoms with van der Waals surface area (Å²) in [5, 5.41) is 18.5. The molecule has 0 bridgehead atoms. The molecule has 134 valence electrons. The number of rotatable bonds is 8. The van der Waals surface area contributed by atoms with E-state index in [1.54, 1.807) is 14.2 Å². The van der Waals surface area contributed by atoms with Crippen LogP contribution in [0.15, 0.2) is 54.1 Å².